The maximum Gasteiger partial charge on any atom is 0.467 e. The molecule has 0 aromatic heterocycles. The second-order valence-electron chi connectivity index (χ2n) is 5.58. The number of rotatable bonds is 6. The van der Waals surface area contributed by atoms with Gasteiger partial charge < -0.3 is 4.74 Å². The number of carbonyl (C=O) groups excluding carboxylic acids is 1. The predicted molar refractivity (Wildman–Crippen MR) is 65.9 cm³/mol. The maximum atomic E-state index is 14.0. The molecule has 0 saturated heterocycles. The Balaban J connectivity index is 6.98. The standard InChI is InChI=1S/C13H9F15O2/c1-3-4-5(2)6(29)30-10(19,13(26,27)28)9(17,18)8(15,16)7(14,11(20,21)22)12(23,24)25/h4H,3H2,1-2H3. The number of alkyl halides is 15. The molecule has 0 heterocycles. The molecule has 0 amide bonds. The Hall–Kier alpha value is -1.84. The molecule has 0 rings (SSSR count). The number of esters is 1. The molecule has 0 spiro atoms. The zero-order valence-electron chi connectivity index (χ0n) is 14.3. The van der Waals surface area contributed by atoms with E-state index in [-0.39, 0.29) is 6.42 Å². The van der Waals surface area contributed by atoms with Crippen LogP contribution in [0.15, 0.2) is 11.6 Å². The molecular weight excluding hydrogens is 473 g/mol. The van der Waals surface area contributed by atoms with Gasteiger partial charge in [-0.1, -0.05) is 13.0 Å². The van der Waals surface area contributed by atoms with Gasteiger partial charge >= 0.3 is 47.9 Å². The number of ether oxygens (including phenoxy) is 1. The van der Waals surface area contributed by atoms with Crippen molar-refractivity contribution in [3.05, 3.63) is 11.6 Å². The number of halogens is 15. The second-order valence-corrected chi connectivity index (χ2v) is 5.58. The quantitative estimate of drug-likeness (QED) is 0.256. The van der Waals surface area contributed by atoms with Crippen LogP contribution in [0.2, 0.25) is 0 Å². The van der Waals surface area contributed by atoms with E-state index in [0.717, 1.165) is 6.92 Å². The third-order valence-electron chi connectivity index (χ3n) is 3.44. The monoisotopic (exact) mass is 482 g/mol. The molecule has 0 aromatic rings. The number of hydrogen-bond acceptors (Lipinski definition) is 2. The van der Waals surface area contributed by atoms with E-state index >= 15 is 0 Å². The van der Waals surface area contributed by atoms with Crippen molar-refractivity contribution in [3.8, 4) is 0 Å². The van der Waals surface area contributed by atoms with Crippen molar-refractivity contribution < 1.29 is 75.4 Å². The number of carbonyl (C=O) groups is 1. The van der Waals surface area contributed by atoms with Gasteiger partial charge in [0.05, 0.1) is 0 Å². The molecule has 0 aliphatic heterocycles. The molecule has 0 bridgehead atoms. The van der Waals surface area contributed by atoms with E-state index < -0.39 is 53.4 Å². The Kier molecular flexibility index (Phi) is 7.22. The maximum absolute atomic E-state index is 14.0. The predicted octanol–water partition coefficient (Wildman–Crippen LogP) is 6.22. The van der Waals surface area contributed by atoms with Crippen LogP contribution >= 0.6 is 0 Å². The Labute approximate surface area is 156 Å². The summed E-state index contributed by atoms with van der Waals surface area (Å²) in [5, 5.41) is 0. The first-order valence-corrected chi connectivity index (χ1v) is 7.10. The van der Waals surface area contributed by atoms with Crippen molar-refractivity contribution in [2.75, 3.05) is 0 Å². The summed E-state index contributed by atoms with van der Waals surface area (Å²) < 4.78 is 197. The third kappa shape index (κ3) is 4.02. The highest BCUT2D eigenvalue weighted by atomic mass is 19.4. The van der Waals surface area contributed by atoms with E-state index in [4.69, 9.17) is 0 Å². The minimum Gasteiger partial charge on any atom is -0.411 e. The fourth-order valence-electron chi connectivity index (χ4n) is 1.83. The van der Waals surface area contributed by atoms with E-state index in [9.17, 15) is 70.7 Å². The van der Waals surface area contributed by atoms with Gasteiger partial charge in [-0.2, -0.15) is 61.5 Å². The van der Waals surface area contributed by atoms with Crippen molar-refractivity contribution in [1.82, 2.24) is 0 Å². The van der Waals surface area contributed by atoms with Crippen molar-refractivity contribution in [3.63, 3.8) is 0 Å². The summed E-state index contributed by atoms with van der Waals surface area (Å²) in [6.45, 7) is 1.62. The first kappa shape index (κ1) is 28.2. The van der Waals surface area contributed by atoms with Crippen molar-refractivity contribution in [2.24, 2.45) is 0 Å². The highest BCUT2D eigenvalue weighted by molar-refractivity contribution is 5.88. The topological polar surface area (TPSA) is 26.3 Å². The van der Waals surface area contributed by atoms with Crippen molar-refractivity contribution in [1.29, 1.82) is 0 Å². The van der Waals surface area contributed by atoms with Gasteiger partial charge in [-0.05, 0) is 13.3 Å². The zero-order chi connectivity index (χ0) is 24.8. The van der Waals surface area contributed by atoms with Crippen LogP contribution in [0, 0.1) is 0 Å². The molecule has 17 heteroatoms. The van der Waals surface area contributed by atoms with Gasteiger partial charge in [-0.15, -0.1) is 0 Å². The molecule has 0 N–H and O–H groups in total. The fourth-order valence-corrected chi connectivity index (χ4v) is 1.83. The molecule has 1 unspecified atom stereocenters. The minimum absolute atomic E-state index is 0.269. The molecule has 0 radical (unpaired) electrons. The summed E-state index contributed by atoms with van der Waals surface area (Å²) in [6.07, 6.45) is -23.3. The molecule has 0 fully saturated rings. The van der Waals surface area contributed by atoms with Crippen molar-refractivity contribution in [2.45, 2.75) is 62.2 Å². The van der Waals surface area contributed by atoms with Gasteiger partial charge in [0.15, 0.2) is 0 Å². The summed E-state index contributed by atoms with van der Waals surface area (Å²) in [5.74, 6) is -27.1. The van der Waals surface area contributed by atoms with Crippen LogP contribution in [0.3, 0.4) is 0 Å². The lowest BCUT2D eigenvalue weighted by Gasteiger charge is -2.43. The van der Waals surface area contributed by atoms with Crippen LogP contribution in [0.4, 0.5) is 65.9 Å². The molecule has 0 aliphatic carbocycles. The normalized spacial score (nSPS) is 17.6. The molecule has 0 saturated carbocycles. The van der Waals surface area contributed by atoms with E-state index in [2.05, 4.69) is 4.74 Å². The lowest BCUT2D eigenvalue weighted by Crippen LogP contribution is -2.76. The minimum atomic E-state index is -8.51. The summed E-state index contributed by atoms with van der Waals surface area (Å²) >= 11 is 0. The average Bonchev–Trinajstić information content (AvgIpc) is 2.50. The Morgan fingerprint density at radius 2 is 1.07 bits per heavy atom. The number of hydrogen-bond donors (Lipinski definition) is 0. The summed E-state index contributed by atoms with van der Waals surface area (Å²) in [4.78, 5) is 11.3. The highest BCUT2D eigenvalue weighted by Gasteiger charge is 2.96. The van der Waals surface area contributed by atoms with E-state index in [0.29, 0.717) is 13.0 Å². The molecule has 30 heavy (non-hydrogen) atoms. The molecule has 0 aromatic carbocycles. The van der Waals surface area contributed by atoms with Crippen LogP contribution in [0.1, 0.15) is 20.3 Å². The van der Waals surface area contributed by atoms with E-state index in [1.165, 1.54) is 0 Å². The summed E-state index contributed by atoms with van der Waals surface area (Å²) in [5.41, 5.74) is -9.54. The van der Waals surface area contributed by atoms with Crippen LogP contribution in [-0.2, 0) is 9.53 Å². The largest absolute Gasteiger partial charge is 0.467 e. The smallest absolute Gasteiger partial charge is 0.411 e. The molecule has 1 atom stereocenters. The Bertz CT molecular complexity index is 655. The van der Waals surface area contributed by atoms with E-state index in [1.54, 1.807) is 0 Å². The average molecular weight is 482 g/mol. The van der Waals surface area contributed by atoms with Gasteiger partial charge in [0.2, 0.25) is 0 Å². The summed E-state index contributed by atoms with van der Waals surface area (Å²) in [7, 11) is 0. The SMILES string of the molecule is CCC=C(C)C(=O)OC(F)(C(F)(F)F)C(F)(F)C(F)(F)C(F)(C(F)(F)F)C(F)(F)F. The van der Waals surface area contributed by atoms with Crippen LogP contribution in [0.5, 0.6) is 0 Å². The van der Waals surface area contributed by atoms with Gasteiger partial charge in [0.1, 0.15) is 0 Å². The van der Waals surface area contributed by atoms with Gasteiger partial charge in [0.25, 0.3) is 0 Å². The third-order valence-corrected chi connectivity index (χ3v) is 3.44. The first-order valence-electron chi connectivity index (χ1n) is 7.10. The molecule has 2 nitrogen and oxygen atoms in total. The van der Waals surface area contributed by atoms with Crippen LogP contribution in [-0.4, -0.2) is 47.9 Å². The van der Waals surface area contributed by atoms with Crippen LogP contribution in [0.25, 0.3) is 0 Å². The van der Waals surface area contributed by atoms with Crippen molar-refractivity contribution >= 4 is 5.97 Å². The lowest BCUT2D eigenvalue weighted by atomic mass is 9.87. The van der Waals surface area contributed by atoms with Gasteiger partial charge in [-0.3, -0.25) is 0 Å². The Morgan fingerprint density at radius 1 is 0.700 bits per heavy atom. The lowest BCUT2D eigenvalue weighted by molar-refractivity contribution is -0.475. The van der Waals surface area contributed by atoms with Gasteiger partial charge in [0, 0.05) is 5.57 Å². The number of allylic oxidation sites excluding steroid dienone is 1. The first-order chi connectivity index (χ1) is 12.9. The van der Waals surface area contributed by atoms with Gasteiger partial charge in [-0.25, -0.2) is 9.18 Å². The van der Waals surface area contributed by atoms with E-state index in [1.807, 2.05) is 0 Å². The molecule has 0 aliphatic rings. The summed E-state index contributed by atoms with van der Waals surface area (Å²) in [6, 6.07) is 0. The second kappa shape index (κ2) is 7.69. The highest BCUT2D eigenvalue weighted by Crippen LogP contribution is 2.63. The Morgan fingerprint density at radius 3 is 1.33 bits per heavy atom. The van der Waals surface area contributed by atoms with Crippen LogP contribution < -0.4 is 0 Å². The molecular formula is C13H9F15O2. The molecule has 178 valence electrons. The fraction of sp³-hybridized carbons (Fsp3) is 0.769. The zero-order valence-corrected chi connectivity index (χ0v) is 14.3.